The van der Waals surface area contributed by atoms with E-state index in [1.807, 2.05) is 0 Å². The smallest absolute Gasteiger partial charge is 0.0621 e. The molecule has 0 spiro atoms. The molecule has 0 amide bonds. The average Bonchev–Trinajstić information content (AvgIpc) is 3.01. The molecule has 0 aromatic heterocycles. The van der Waals surface area contributed by atoms with E-state index < -0.39 is 0 Å². The maximum absolute atomic E-state index is 8.91. The molecule has 3 nitrogen and oxygen atoms in total. The van der Waals surface area contributed by atoms with Gasteiger partial charge in [0.25, 0.3) is 0 Å². The zero-order chi connectivity index (χ0) is 13.7. The first-order valence-electron chi connectivity index (χ1n) is 7.07. The molecule has 2 rings (SSSR count). The fourth-order valence-corrected chi connectivity index (χ4v) is 4.32. The number of hydrogen-bond acceptors (Lipinski definition) is 3. The molecule has 0 aromatic rings. The van der Waals surface area contributed by atoms with Gasteiger partial charge in [-0.1, -0.05) is 12.2 Å². The van der Waals surface area contributed by atoms with Gasteiger partial charge < -0.3 is 0 Å². The van der Waals surface area contributed by atoms with Crippen LogP contribution in [0.2, 0.25) is 0 Å². The second-order valence-corrected chi connectivity index (χ2v) is 5.74. The lowest BCUT2D eigenvalue weighted by Crippen LogP contribution is -2.34. The zero-order valence-corrected chi connectivity index (χ0v) is 11.2. The van der Waals surface area contributed by atoms with Crippen molar-refractivity contribution >= 4 is 0 Å². The predicted octanol–water partition coefficient (Wildman–Crippen LogP) is 3.71. The standard InChI is InChI=1S/C16H19N3/c17-9-1-4-15-13-5-6-14(12-13)16(15,7-2-10-18)8-3-11-19/h5-6,13-15H,1-4,7-8,12H2. The quantitative estimate of drug-likeness (QED) is 0.677. The monoisotopic (exact) mass is 253 g/mol. The van der Waals surface area contributed by atoms with Crippen molar-refractivity contribution in [1.29, 1.82) is 15.8 Å². The second-order valence-electron chi connectivity index (χ2n) is 5.74. The molecule has 1 saturated carbocycles. The summed E-state index contributed by atoms with van der Waals surface area (Å²) in [5, 5.41) is 26.7. The molecule has 3 atom stereocenters. The van der Waals surface area contributed by atoms with E-state index in [-0.39, 0.29) is 5.41 Å². The minimum atomic E-state index is 0.0989. The third-order valence-corrected chi connectivity index (χ3v) is 5.08. The Morgan fingerprint density at radius 2 is 1.58 bits per heavy atom. The SMILES string of the molecule is N#CCCC1C2C=CC(C2)C1(CCC#N)CCC#N. The van der Waals surface area contributed by atoms with Crippen LogP contribution in [0.3, 0.4) is 0 Å². The number of nitrogens with zero attached hydrogens (tertiary/aromatic N) is 3. The Morgan fingerprint density at radius 3 is 2.16 bits per heavy atom. The molecule has 98 valence electrons. The molecule has 0 saturated heterocycles. The molecule has 0 aromatic carbocycles. The van der Waals surface area contributed by atoms with Crippen LogP contribution >= 0.6 is 0 Å². The van der Waals surface area contributed by atoms with Gasteiger partial charge in [0.1, 0.15) is 0 Å². The minimum absolute atomic E-state index is 0.0989. The molecule has 19 heavy (non-hydrogen) atoms. The highest BCUT2D eigenvalue weighted by molar-refractivity contribution is 5.19. The Hall–Kier alpha value is -1.79. The summed E-state index contributed by atoms with van der Waals surface area (Å²) in [6.07, 6.45) is 10.1. The van der Waals surface area contributed by atoms with Crippen LogP contribution in [0.4, 0.5) is 0 Å². The molecule has 0 N–H and O–H groups in total. The van der Waals surface area contributed by atoms with Crippen molar-refractivity contribution in [3.8, 4) is 18.2 Å². The molecular weight excluding hydrogens is 234 g/mol. The van der Waals surface area contributed by atoms with Crippen molar-refractivity contribution in [3.05, 3.63) is 12.2 Å². The highest BCUT2D eigenvalue weighted by Crippen LogP contribution is 2.61. The molecule has 1 fully saturated rings. The first kappa shape index (κ1) is 13.6. The molecule has 0 radical (unpaired) electrons. The van der Waals surface area contributed by atoms with Crippen molar-refractivity contribution in [3.63, 3.8) is 0 Å². The van der Waals surface area contributed by atoms with Gasteiger partial charge in [0.2, 0.25) is 0 Å². The Labute approximate surface area is 115 Å². The first-order valence-corrected chi connectivity index (χ1v) is 7.07. The van der Waals surface area contributed by atoms with Crippen LogP contribution in [0.25, 0.3) is 0 Å². The van der Waals surface area contributed by atoms with Gasteiger partial charge in [-0.15, -0.1) is 0 Å². The van der Waals surface area contributed by atoms with E-state index in [4.69, 9.17) is 15.8 Å². The largest absolute Gasteiger partial charge is 0.198 e. The van der Waals surface area contributed by atoms with Gasteiger partial charge in [-0.25, -0.2) is 0 Å². The molecule has 2 aliphatic carbocycles. The summed E-state index contributed by atoms with van der Waals surface area (Å²) in [6, 6.07) is 6.77. The maximum Gasteiger partial charge on any atom is 0.0621 e. The Bertz CT molecular complexity index is 454. The van der Waals surface area contributed by atoms with Gasteiger partial charge in [0, 0.05) is 19.3 Å². The van der Waals surface area contributed by atoms with Gasteiger partial charge in [-0.3, -0.25) is 0 Å². The normalized spacial score (nSPS) is 29.6. The Balaban J connectivity index is 2.22. The fraction of sp³-hybridized carbons (Fsp3) is 0.688. The first-order chi connectivity index (χ1) is 9.28. The topological polar surface area (TPSA) is 71.4 Å². The van der Waals surface area contributed by atoms with E-state index >= 15 is 0 Å². The van der Waals surface area contributed by atoms with Gasteiger partial charge in [-0.05, 0) is 48.9 Å². The van der Waals surface area contributed by atoms with Crippen LogP contribution in [-0.2, 0) is 0 Å². The summed E-state index contributed by atoms with van der Waals surface area (Å²) >= 11 is 0. The molecule has 3 heteroatoms. The van der Waals surface area contributed by atoms with Crippen LogP contribution in [0, 0.1) is 57.2 Å². The Kier molecular flexibility index (Phi) is 4.24. The van der Waals surface area contributed by atoms with Gasteiger partial charge in [0.05, 0.1) is 18.2 Å². The van der Waals surface area contributed by atoms with Gasteiger partial charge in [-0.2, -0.15) is 15.8 Å². The van der Waals surface area contributed by atoms with E-state index in [2.05, 4.69) is 30.4 Å². The van der Waals surface area contributed by atoms with E-state index in [0.717, 1.165) is 25.7 Å². The summed E-state index contributed by atoms with van der Waals surface area (Å²) in [5.41, 5.74) is 0.0989. The predicted molar refractivity (Wildman–Crippen MR) is 71.2 cm³/mol. The molecule has 0 aliphatic heterocycles. The minimum Gasteiger partial charge on any atom is -0.198 e. The lowest BCUT2D eigenvalue weighted by molar-refractivity contribution is 0.106. The van der Waals surface area contributed by atoms with Crippen molar-refractivity contribution in [2.75, 3.05) is 0 Å². The van der Waals surface area contributed by atoms with E-state index in [9.17, 15) is 0 Å². The molecule has 3 unspecified atom stereocenters. The molecular formula is C16H19N3. The van der Waals surface area contributed by atoms with Crippen LogP contribution in [-0.4, -0.2) is 0 Å². The number of fused-ring (bicyclic) bond motifs is 2. The molecule has 2 bridgehead atoms. The fourth-order valence-electron chi connectivity index (χ4n) is 4.32. The number of allylic oxidation sites excluding steroid dienone is 2. The summed E-state index contributed by atoms with van der Waals surface area (Å²) in [6.45, 7) is 0. The average molecular weight is 253 g/mol. The third-order valence-electron chi connectivity index (χ3n) is 5.08. The Morgan fingerprint density at radius 1 is 0.947 bits per heavy atom. The van der Waals surface area contributed by atoms with Crippen molar-refractivity contribution in [2.24, 2.45) is 23.2 Å². The van der Waals surface area contributed by atoms with E-state index in [1.165, 1.54) is 0 Å². The van der Waals surface area contributed by atoms with Crippen molar-refractivity contribution < 1.29 is 0 Å². The number of rotatable bonds is 6. The number of nitriles is 3. The lowest BCUT2D eigenvalue weighted by Gasteiger charge is -2.41. The number of hydrogen-bond donors (Lipinski definition) is 0. The van der Waals surface area contributed by atoms with Crippen molar-refractivity contribution in [2.45, 2.75) is 44.9 Å². The summed E-state index contributed by atoms with van der Waals surface area (Å²) in [7, 11) is 0. The second kappa shape index (κ2) is 5.90. The van der Waals surface area contributed by atoms with Crippen LogP contribution in [0.15, 0.2) is 12.2 Å². The molecule has 0 heterocycles. The lowest BCUT2D eigenvalue weighted by atomic mass is 9.62. The van der Waals surface area contributed by atoms with Gasteiger partial charge in [0.15, 0.2) is 0 Å². The zero-order valence-electron chi connectivity index (χ0n) is 11.2. The van der Waals surface area contributed by atoms with E-state index in [1.54, 1.807) is 0 Å². The summed E-state index contributed by atoms with van der Waals surface area (Å²) in [4.78, 5) is 0. The maximum atomic E-state index is 8.91. The van der Waals surface area contributed by atoms with Crippen LogP contribution in [0.1, 0.15) is 44.9 Å². The van der Waals surface area contributed by atoms with E-state index in [0.29, 0.717) is 37.0 Å². The highest BCUT2D eigenvalue weighted by atomic mass is 14.6. The summed E-state index contributed by atoms with van der Waals surface area (Å²) < 4.78 is 0. The highest BCUT2D eigenvalue weighted by Gasteiger charge is 2.54. The molecule has 2 aliphatic rings. The van der Waals surface area contributed by atoms with Crippen LogP contribution < -0.4 is 0 Å². The van der Waals surface area contributed by atoms with Crippen LogP contribution in [0.5, 0.6) is 0 Å². The van der Waals surface area contributed by atoms with Gasteiger partial charge >= 0.3 is 0 Å². The third kappa shape index (κ3) is 2.36. The van der Waals surface area contributed by atoms with Crippen molar-refractivity contribution in [1.82, 2.24) is 0 Å². The summed E-state index contributed by atoms with van der Waals surface area (Å²) in [5.74, 6) is 1.57.